The fraction of sp³-hybridized carbons (Fsp3) is 0.240. The molecule has 0 saturated heterocycles. The van der Waals surface area contributed by atoms with Crippen LogP contribution in [0.1, 0.15) is 26.3 Å². The molecule has 0 fully saturated rings. The first-order valence-electron chi connectivity index (χ1n) is 9.54. The van der Waals surface area contributed by atoms with Crippen LogP contribution in [0.15, 0.2) is 72.8 Å². The molecule has 2 heteroatoms. The Labute approximate surface area is 161 Å². The summed E-state index contributed by atoms with van der Waals surface area (Å²) in [4.78, 5) is 0. The number of aromatic nitrogens is 2. The van der Waals surface area contributed by atoms with E-state index in [9.17, 15) is 0 Å². The van der Waals surface area contributed by atoms with E-state index in [2.05, 4.69) is 117 Å². The van der Waals surface area contributed by atoms with E-state index in [4.69, 9.17) is 0 Å². The molecule has 136 valence electrons. The molecule has 2 nitrogen and oxygen atoms in total. The van der Waals surface area contributed by atoms with Crippen LogP contribution in [0.2, 0.25) is 0 Å². The maximum Gasteiger partial charge on any atom is 0.290 e. The van der Waals surface area contributed by atoms with Crippen LogP contribution < -0.4 is 4.57 Å². The summed E-state index contributed by atoms with van der Waals surface area (Å²) in [6.45, 7) is 9.03. The number of para-hydroxylation sites is 2. The molecule has 4 aromatic rings. The molecule has 0 aliphatic heterocycles. The quantitative estimate of drug-likeness (QED) is 0.398. The third-order valence-corrected chi connectivity index (χ3v) is 5.27. The smallest absolute Gasteiger partial charge is 0.226 e. The zero-order valence-corrected chi connectivity index (χ0v) is 16.8. The summed E-state index contributed by atoms with van der Waals surface area (Å²) >= 11 is 0. The van der Waals surface area contributed by atoms with Crippen LogP contribution in [0.3, 0.4) is 0 Å². The summed E-state index contributed by atoms with van der Waals surface area (Å²) in [5, 5.41) is 0. The van der Waals surface area contributed by atoms with E-state index in [-0.39, 0.29) is 5.54 Å². The minimum Gasteiger partial charge on any atom is -0.226 e. The van der Waals surface area contributed by atoms with Crippen molar-refractivity contribution >= 4 is 11.0 Å². The monoisotopic (exact) mass is 355 g/mol. The zero-order chi connectivity index (χ0) is 19.2. The van der Waals surface area contributed by atoms with Gasteiger partial charge in [0.25, 0.3) is 5.82 Å². The molecule has 4 rings (SSSR count). The lowest BCUT2D eigenvalue weighted by Gasteiger charge is -2.19. The van der Waals surface area contributed by atoms with Gasteiger partial charge in [-0.05, 0) is 62.6 Å². The van der Waals surface area contributed by atoms with E-state index >= 15 is 0 Å². The Bertz CT molecular complexity index is 1110. The molecule has 3 aromatic carbocycles. The third kappa shape index (κ3) is 2.95. The predicted molar refractivity (Wildman–Crippen MR) is 114 cm³/mol. The van der Waals surface area contributed by atoms with Gasteiger partial charge in [0.15, 0.2) is 11.0 Å². The van der Waals surface area contributed by atoms with E-state index in [0.29, 0.717) is 0 Å². The van der Waals surface area contributed by atoms with Crippen molar-refractivity contribution in [3.05, 3.63) is 78.4 Å². The second-order valence-corrected chi connectivity index (χ2v) is 8.27. The average Bonchev–Trinajstić information content (AvgIpc) is 2.96. The lowest BCUT2D eigenvalue weighted by Crippen LogP contribution is -2.33. The molecule has 0 unspecified atom stereocenters. The molecule has 27 heavy (non-hydrogen) atoms. The van der Waals surface area contributed by atoms with Crippen LogP contribution in [0.4, 0.5) is 0 Å². The number of nitrogens with zero attached hydrogens (tertiary/aromatic N) is 2. The van der Waals surface area contributed by atoms with Gasteiger partial charge in [-0.3, -0.25) is 0 Å². The Morgan fingerprint density at radius 2 is 1.44 bits per heavy atom. The van der Waals surface area contributed by atoms with Crippen LogP contribution in [-0.2, 0) is 12.6 Å². The first kappa shape index (κ1) is 17.5. The molecule has 0 radical (unpaired) electrons. The average molecular weight is 356 g/mol. The summed E-state index contributed by atoms with van der Waals surface area (Å²) in [6.07, 6.45) is 0. The summed E-state index contributed by atoms with van der Waals surface area (Å²) in [7, 11) is 2.18. The van der Waals surface area contributed by atoms with Gasteiger partial charge in [0, 0.05) is 0 Å². The minimum absolute atomic E-state index is 0.0224. The molecular weight excluding hydrogens is 328 g/mol. The summed E-state index contributed by atoms with van der Waals surface area (Å²) in [5.41, 5.74) is 7.58. The predicted octanol–water partition coefficient (Wildman–Crippen LogP) is 5.86. The molecule has 0 N–H and O–H groups in total. The van der Waals surface area contributed by atoms with Crippen molar-refractivity contribution in [2.45, 2.75) is 33.2 Å². The van der Waals surface area contributed by atoms with Crippen LogP contribution in [0.5, 0.6) is 0 Å². The Balaban J connectivity index is 2.05. The van der Waals surface area contributed by atoms with Crippen molar-refractivity contribution in [1.29, 1.82) is 0 Å². The minimum atomic E-state index is -0.0224. The number of hydrogen-bond acceptors (Lipinski definition) is 0. The van der Waals surface area contributed by atoms with Gasteiger partial charge in [0.05, 0.1) is 12.6 Å². The van der Waals surface area contributed by atoms with Crippen molar-refractivity contribution < 1.29 is 4.57 Å². The van der Waals surface area contributed by atoms with Gasteiger partial charge in [0.2, 0.25) is 0 Å². The highest BCUT2D eigenvalue weighted by atomic mass is 15.2. The Morgan fingerprint density at radius 1 is 0.778 bits per heavy atom. The first-order chi connectivity index (χ1) is 12.9. The Hall–Kier alpha value is -2.87. The number of rotatable bonds is 2. The number of fused-ring (bicyclic) bond motifs is 1. The van der Waals surface area contributed by atoms with E-state index in [1.165, 1.54) is 39.1 Å². The van der Waals surface area contributed by atoms with E-state index in [0.717, 1.165) is 0 Å². The number of benzene rings is 3. The second-order valence-electron chi connectivity index (χ2n) is 8.27. The highest BCUT2D eigenvalue weighted by Gasteiger charge is 2.32. The van der Waals surface area contributed by atoms with E-state index in [1.54, 1.807) is 0 Å². The summed E-state index contributed by atoms with van der Waals surface area (Å²) in [6, 6.07) is 26.1. The lowest BCUT2D eigenvalue weighted by atomic mass is 9.98. The molecule has 1 heterocycles. The molecule has 0 amide bonds. The van der Waals surface area contributed by atoms with Gasteiger partial charge >= 0.3 is 0 Å². The van der Waals surface area contributed by atoms with Gasteiger partial charge in [0.1, 0.15) is 5.54 Å². The fourth-order valence-electron chi connectivity index (χ4n) is 3.97. The number of aryl methyl sites for hydroxylation is 2. The summed E-state index contributed by atoms with van der Waals surface area (Å²) in [5.74, 6) is 1.25. The van der Waals surface area contributed by atoms with Crippen LogP contribution in [0.25, 0.3) is 33.5 Å². The van der Waals surface area contributed by atoms with Gasteiger partial charge in [-0.15, -0.1) is 0 Å². The summed E-state index contributed by atoms with van der Waals surface area (Å²) < 4.78 is 4.80. The zero-order valence-electron chi connectivity index (χ0n) is 16.8. The normalized spacial score (nSPS) is 11.9. The molecule has 0 aliphatic carbocycles. The van der Waals surface area contributed by atoms with Crippen LogP contribution >= 0.6 is 0 Å². The molecule has 0 bridgehead atoms. The maximum absolute atomic E-state index is 2.47. The molecule has 0 saturated carbocycles. The second kappa shape index (κ2) is 6.38. The third-order valence-electron chi connectivity index (χ3n) is 5.27. The van der Waals surface area contributed by atoms with E-state index in [1.807, 2.05) is 0 Å². The first-order valence-corrected chi connectivity index (χ1v) is 9.54. The SMILES string of the molecule is Cc1ccc(-c2ccccc2)cc1-c1n(C(C)(C)C)c2ccccc2[n+]1C. The Morgan fingerprint density at radius 3 is 2.15 bits per heavy atom. The van der Waals surface area contributed by atoms with Crippen molar-refractivity contribution in [3.63, 3.8) is 0 Å². The van der Waals surface area contributed by atoms with Crippen molar-refractivity contribution in [1.82, 2.24) is 4.57 Å². The highest BCUT2D eigenvalue weighted by Crippen LogP contribution is 2.33. The van der Waals surface area contributed by atoms with E-state index < -0.39 is 0 Å². The van der Waals surface area contributed by atoms with Crippen LogP contribution in [-0.4, -0.2) is 4.57 Å². The topological polar surface area (TPSA) is 8.81 Å². The Kier molecular flexibility index (Phi) is 4.15. The molecule has 1 aromatic heterocycles. The maximum atomic E-state index is 2.47. The van der Waals surface area contributed by atoms with Gasteiger partial charge in [-0.25, -0.2) is 9.13 Å². The standard InChI is InChI=1S/C25H27N2/c1-18-15-16-20(19-11-7-6-8-12-19)17-21(18)24-26(5)22-13-9-10-14-23(22)27(24)25(2,3)4/h6-17H,1-5H3/q+1. The number of imidazole rings is 1. The van der Waals surface area contributed by atoms with Crippen molar-refractivity contribution in [3.8, 4) is 22.5 Å². The van der Waals surface area contributed by atoms with Crippen molar-refractivity contribution in [2.75, 3.05) is 0 Å². The lowest BCUT2D eigenvalue weighted by molar-refractivity contribution is -0.634. The van der Waals surface area contributed by atoms with Crippen molar-refractivity contribution in [2.24, 2.45) is 7.05 Å². The molecule has 0 aliphatic rings. The van der Waals surface area contributed by atoms with Gasteiger partial charge in [-0.1, -0.05) is 54.6 Å². The molecular formula is C25H27N2+. The van der Waals surface area contributed by atoms with Gasteiger partial charge in [-0.2, -0.15) is 0 Å². The molecule has 0 atom stereocenters. The van der Waals surface area contributed by atoms with Crippen LogP contribution in [0, 0.1) is 6.92 Å². The number of hydrogen-bond donors (Lipinski definition) is 0. The fourth-order valence-corrected chi connectivity index (χ4v) is 3.97. The molecule has 0 spiro atoms. The largest absolute Gasteiger partial charge is 0.290 e. The highest BCUT2D eigenvalue weighted by molar-refractivity contribution is 5.79. The van der Waals surface area contributed by atoms with Gasteiger partial charge < -0.3 is 0 Å².